The van der Waals surface area contributed by atoms with Gasteiger partial charge in [0.2, 0.25) is 0 Å². The van der Waals surface area contributed by atoms with Crippen molar-refractivity contribution in [3.8, 4) is 0 Å². The molecule has 2 N–H and O–H groups in total. The number of nitrogens with two attached hydrogens (primary N) is 1. The number of nitrogen functional groups attached to an aromatic ring is 1. The Morgan fingerprint density at radius 2 is 1.90 bits per heavy atom. The van der Waals surface area contributed by atoms with Crippen LogP contribution >= 0.6 is 11.6 Å². The zero-order chi connectivity index (χ0) is 14.3. The number of aromatic nitrogens is 1. The van der Waals surface area contributed by atoms with Crippen molar-refractivity contribution < 1.29 is 4.79 Å². The molecule has 4 heteroatoms. The van der Waals surface area contributed by atoms with E-state index in [9.17, 15) is 4.79 Å². The number of benzene rings is 2. The maximum absolute atomic E-state index is 12.7. The Morgan fingerprint density at radius 3 is 2.70 bits per heavy atom. The number of fused-ring (bicyclic) bond motifs is 1. The second-order valence-electron chi connectivity index (χ2n) is 4.73. The van der Waals surface area contributed by atoms with Gasteiger partial charge in [0.1, 0.15) is 0 Å². The summed E-state index contributed by atoms with van der Waals surface area (Å²) in [5.74, 6) is -0.109. The number of halogens is 1. The molecular weight excluding hydrogens is 272 g/mol. The number of carbonyl (C=O) groups is 1. The summed E-state index contributed by atoms with van der Waals surface area (Å²) in [5, 5.41) is 1.42. The Morgan fingerprint density at radius 1 is 1.15 bits per heavy atom. The Bertz CT molecular complexity index is 820. The number of para-hydroxylation sites is 1. The Hall–Kier alpha value is -2.26. The molecule has 0 unspecified atom stereocenters. The van der Waals surface area contributed by atoms with Crippen LogP contribution in [0.5, 0.6) is 0 Å². The molecule has 20 heavy (non-hydrogen) atoms. The van der Waals surface area contributed by atoms with Crippen LogP contribution in [0.4, 0.5) is 5.69 Å². The van der Waals surface area contributed by atoms with E-state index in [1.165, 1.54) is 0 Å². The summed E-state index contributed by atoms with van der Waals surface area (Å²) in [6.07, 6.45) is 1.83. The number of aryl methyl sites for hydroxylation is 1. The number of hydrogen-bond acceptors (Lipinski definition) is 2. The molecule has 0 amide bonds. The molecule has 0 bridgehead atoms. The molecule has 0 aliphatic heterocycles. The van der Waals surface area contributed by atoms with Crippen LogP contribution in [-0.2, 0) is 7.05 Å². The van der Waals surface area contributed by atoms with Crippen LogP contribution in [0.1, 0.15) is 15.9 Å². The molecular formula is C16H13ClN2O. The minimum Gasteiger partial charge on any atom is -0.398 e. The quantitative estimate of drug-likeness (QED) is 0.577. The van der Waals surface area contributed by atoms with Crippen LogP contribution in [-0.4, -0.2) is 10.4 Å². The van der Waals surface area contributed by atoms with Crippen LogP contribution in [0.3, 0.4) is 0 Å². The SMILES string of the molecule is Cn1cc(C(=O)c2cc(Cl)ccc2N)c2ccccc21. The molecule has 3 rings (SSSR count). The lowest BCUT2D eigenvalue weighted by Crippen LogP contribution is -2.05. The molecule has 2 aromatic carbocycles. The van der Waals surface area contributed by atoms with E-state index in [0.29, 0.717) is 21.8 Å². The molecule has 0 fully saturated rings. The fourth-order valence-electron chi connectivity index (χ4n) is 2.39. The zero-order valence-electron chi connectivity index (χ0n) is 10.9. The molecule has 0 aliphatic carbocycles. The van der Waals surface area contributed by atoms with Crippen molar-refractivity contribution >= 4 is 34.0 Å². The number of anilines is 1. The second kappa shape index (κ2) is 4.69. The van der Waals surface area contributed by atoms with E-state index in [1.807, 2.05) is 42.1 Å². The Kier molecular flexibility index (Phi) is 2.99. The molecule has 0 saturated carbocycles. The van der Waals surface area contributed by atoms with Crippen LogP contribution in [0, 0.1) is 0 Å². The summed E-state index contributed by atoms with van der Waals surface area (Å²) in [5.41, 5.74) is 8.42. The second-order valence-corrected chi connectivity index (χ2v) is 5.17. The topological polar surface area (TPSA) is 48.0 Å². The predicted molar refractivity (Wildman–Crippen MR) is 82.2 cm³/mol. The van der Waals surface area contributed by atoms with Crippen LogP contribution in [0.25, 0.3) is 10.9 Å². The fraction of sp³-hybridized carbons (Fsp3) is 0.0625. The van der Waals surface area contributed by atoms with E-state index in [2.05, 4.69) is 0 Å². The van der Waals surface area contributed by atoms with Crippen molar-refractivity contribution in [1.29, 1.82) is 0 Å². The largest absolute Gasteiger partial charge is 0.398 e. The van der Waals surface area contributed by atoms with Gasteiger partial charge in [-0.3, -0.25) is 4.79 Å². The monoisotopic (exact) mass is 284 g/mol. The maximum atomic E-state index is 12.7. The van der Waals surface area contributed by atoms with Crippen molar-refractivity contribution in [1.82, 2.24) is 4.57 Å². The highest BCUT2D eigenvalue weighted by Crippen LogP contribution is 2.26. The molecule has 1 aromatic heterocycles. The normalized spacial score (nSPS) is 10.9. The lowest BCUT2D eigenvalue weighted by Gasteiger charge is -2.04. The van der Waals surface area contributed by atoms with Crippen LogP contribution in [0.15, 0.2) is 48.7 Å². The standard InChI is InChI=1S/C16H13ClN2O/c1-19-9-13(11-4-2-3-5-15(11)19)16(20)12-8-10(17)6-7-14(12)18/h2-9H,18H2,1H3. The lowest BCUT2D eigenvalue weighted by atomic mass is 10.0. The molecule has 0 saturated heterocycles. The number of ketones is 1. The van der Waals surface area contributed by atoms with Crippen molar-refractivity contribution in [2.45, 2.75) is 0 Å². The highest BCUT2D eigenvalue weighted by molar-refractivity contribution is 6.31. The van der Waals surface area contributed by atoms with Gasteiger partial charge >= 0.3 is 0 Å². The van der Waals surface area contributed by atoms with Crippen molar-refractivity contribution in [2.24, 2.45) is 7.05 Å². The molecule has 1 heterocycles. The first-order valence-corrected chi connectivity index (χ1v) is 6.59. The van der Waals surface area contributed by atoms with Crippen molar-refractivity contribution in [2.75, 3.05) is 5.73 Å². The molecule has 3 aromatic rings. The fourth-order valence-corrected chi connectivity index (χ4v) is 2.56. The van der Waals surface area contributed by atoms with Crippen LogP contribution in [0.2, 0.25) is 5.02 Å². The van der Waals surface area contributed by atoms with E-state index in [-0.39, 0.29) is 5.78 Å². The third kappa shape index (κ3) is 1.96. The number of nitrogens with zero attached hydrogens (tertiary/aromatic N) is 1. The van der Waals surface area contributed by atoms with E-state index in [4.69, 9.17) is 17.3 Å². The smallest absolute Gasteiger partial charge is 0.197 e. The van der Waals surface area contributed by atoms with E-state index >= 15 is 0 Å². The van der Waals surface area contributed by atoms with Gasteiger partial charge in [-0.05, 0) is 24.3 Å². The van der Waals surface area contributed by atoms with Gasteiger partial charge < -0.3 is 10.3 Å². The minimum absolute atomic E-state index is 0.109. The third-order valence-corrected chi connectivity index (χ3v) is 3.64. The average molecular weight is 285 g/mol. The summed E-state index contributed by atoms with van der Waals surface area (Å²) in [6, 6.07) is 12.7. The molecule has 0 atom stereocenters. The van der Waals surface area contributed by atoms with Gasteiger partial charge in [-0.25, -0.2) is 0 Å². The maximum Gasteiger partial charge on any atom is 0.197 e. The number of carbonyl (C=O) groups excluding carboxylic acids is 1. The van der Waals surface area contributed by atoms with Gasteiger partial charge in [-0.1, -0.05) is 29.8 Å². The minimum atomic E-state index is -0.109. The van der Waals surface area contributed by atoms with E-state index < -0.39 is 0 Å². The average Bonchev–Trinajstić information content (AvgIpc) is 2.79. The summed E-state index contributed by atoms with van der Waals surface area (Å²) >= 11 is 5.96. The molecule has 0 spiro atoms. The Balaban J connectivity index is 2.20. The van der Waals surface area contributed by atoms with E-state index in [1.54, 1.807) is 18.2 Å². The van der Waals surface area contributed by atoms with Gasteiger partial charge in [-0.2, -0.15) is 0 Å². The van der Waals surface area contributed by atoms with Gasteiger partial charge in [0, 0.05) is 46.0 Å². The molecule has 0 aliphatic rings. The van der Waals surface area contributed by atoms with Gasteiger partial charge in [0.25, 0.3) is 0 Å². The third-order valence-electron chi connectivity index (χ3n) is 3.40. The van der Waals surface area contributed by atoms with Gasteiger partial charge in [0.15, 0.2) is 5.78 Å². The van der Waals surface area contributed by atoms with Crippen LogP contribution < -0.4 is 5.73 Å². The molecule has 100 valence electrons. The lowest BCUT2D eigenvalue weighted by molar-refractivity contribution is 0.104. The number of rotatable bonds is 2. The first-order valence-electron chi connectivity index (χ1n) is 6.21. The predicted octanol–water partition coefficient (Wildman–Crippen LogP) is 3.64. The van der Waals surface area contributed by atoms with Gasteiger partial charge in [-0.15, -0.1) is 0 Å². The highest BCUT2D eigenvalue weighted by atomic mass is 35.5. The summed E-state index contributed by atoms with van der Waals surface area (Å²) in [7, 11) is 1.92. The summed E-state index contributed by atoms with van der Waals surface area (Å²) in [4.78, 5) is 12.7. The summed E-state index contributed by atoms with van der Waals surface area (Å²) < 4.78 is 1.93. The molecule has 0 radical (unpaired) electrons. The Labute approximate surface area is 121 Å². The van der Waals surface area contributed by atoms with Crippen molar-refractivity contribution in [3.05, 3.63) is 64.8 Å². The summed E-state index contributed by atoms with van der Waals surface area (Å²) in [6.45, 7) is 0. The first-order chi connectivity index (χ1) is 9.58. The highest BCUT2D eigenvalue weighted by Gasteiger charge is 2.17. The van der Waals surface area contributed by atoms with Gasteiger partial charge in [0.05, 0.1) is 0 Å². The number of hydrogen-bond donors (Lipinski definition) is 1. The zero-order valence-corrected chi connectivity index (χ0v) is 11.7. The first kappa shape index (κ1) is 12.8. The molecule has 3 nitrogen and oxygen atoms in total. The van der Waals surface area contributed by atoms with Crippen molar-refractivity contribution in [3.63, 3.8) is 0 Å². The van der Waals surface area contributed by atoms with E-state index in [0.717, 1.165) is 10.9 Å².